The molecular formula is C20H16F3N7O. The van der Waals surface area contributed by atoms with Gasteiger partial charge in [0.1, 0.15) is 11.8 Å². The molecule has 1 aromatic carbocycles. The number of hydrogen-bond acceptors (Lipinski definition) is 5. The molecule has 3 aromatic heterocycles. The zero-order chi connectivity index (χ0) is 21.9. The molecule has 0 fully saturated rings. The number of aromatic amines is 1. The topological polar surface area (TPSA) is 92.6 Å². The van der Waals surface area contributed by atoms with E-state index in [9.17, 15) is 18.0 Å². The number of nitrogens with one attached hydrogen (secondary N) is 1. The Labute approximate surface area is 173 Å². The van der Waals surface area contributed by atoms with E-state index in [0.717, 1.165) is 17.7 Å². The maximum Gasteiger partial charge on any atom is 0.275 e. The SMILES string of the molecule is C[C@H]1c2nn(C)c(-c3cc(F)c(F)c(F)c3)c2CCN1C(=O)c1ncnc2nc[nH]c12. The van der Waals surface area contributed by atoms with Crippen LogP contribution in [0.5, 0.6) is 0 Å². The van der Waals surface area contributed by atoms with Gasteiger partial charge in [0.2, 0.25) is 0 Å². The Balaban J connectivity index is 1.54. The quantitative estimate of drug-likeness (QED) is 0.497. The van der Waals surface area contributed by atoms with Crippen molar-refractivity contribution < 1.29 is 18.0 Å². The van der Waals surface area contributed by atoms with Crippen molar-refractivity contribution in [3.8, 4) is 11.3 Å². The maximum absolute atomic E-state index is 13.8. The summed E-state index contributed by atoms with van der Waals surface area (Å²) >= 11 is 0. The molecule has 158 valence electrons. The fraction of sp³-hybridized carbons (Fsp3) is 0.250. The molecule has 1 N–H and O–H groups in total. The molecule has 4 aromatic rings. The monoisotopic (exact) mass is 427 g/mol. The van der Waals surface area contributed by atoms with Gasteiger partial charge >= 0.3 is 0 Å². The van der Waals surface area contributed by atoms with Crippen LogP contribution < -0.4 is 0 Å². The molecule has 11 heteroatoms. The number of nitrogens with zero attached hydrogens (tertiary/aromatic N) is 6. The summed E-state index contributed by atoms with van der Waals surface area (Å²) in [5, 5.41) is 4.50. The lowest BCUT2D eigenvalue weighted by Crippen LogP contribution is -2.39. The van der Waals surface area contributed by atoms with Crippen LogP contribution in [0, 0.1) is 17.5 Å². The molecule has 4 heterocycles. The van der Waals surface area contributed by atoms with E-state index in [-0.39, 0.29) is 17.2 Å². The fourth-order valence-electron chi connectivity index (χ4n) is 4.14. The normalized spacial score (nSPS) is 16.0. The molecule has 0 aliphatic carbocycles. The van der Waals surface area contributed by atoms with E-state index in [2.05, 4.69) is 25.0 Å². The van der Waals surface area contributed by atoms with Crippen molar-refractivity contribution in [2.24, 2.45) is 7.05 Å². The van der Waals surface area contributed by atoms with Crippen molar-refractivity contribution in [2.75, 3.05) is 6.54 Å². The maximum atomic E-state index is 13.8. The van der Waals surface area contributed by atoms with Gasteiger partial charge in [-0.3, -0.25) is 9.48 Å². The van der Waals surface area contributed by atoms with Crippen molar-refractivity contribution in [2.45, 2.75) is 19.4 Å². The Morgan fingerprint density at radius 3 is 2.65 bits per heavy atom. The molecular weight excluding hydrogens is 411 g/mol. The third-order valence-corrected chi connectivity index (χ3v) is 5.59. The lowest BCUT2D eigenvalue weighted by molar-refractivity contribution is 0.0669. The summed E-state index contributed by atoms with van der Waals surface area (Å²) in [5.74, 6) is -4.35. The summed E-state index contributed by atoms with van der Waals surface area (Å²) in [6.07, 6.45) is 3.14. The van der Waals surface area contributed by atoms with Crippen molar-refractivity contribution in [3.05, 3.63) is 59.2 Å². The molecule has 0 bridgehead atoms. The number of aryl methyl sites for hydroxylation is 1. The van der Waals surface area contributed by atoms with Gasteiger partial charge in [0.15, 0.2) is 28.8 Å². The van der Waals surface area contributed by atoms with Crippen LogP contribution in [0.25, 0.3) is 22.4 Å². The molecule has 0 saturated carbocycles. The van der Waals surface area contributed by atoms with E-state index < -0.39 is 23.5 Å². The van der Waals surface area contributed by atoms with Crippen LogP contribution >= 0.6 is 0 Å². The minimum absolute atomic E-state index is 0.189. The fourth-order valence-corrected chi connectivity index (χ4v) is 4.14. The molecule has 1 atom stereocenters. The second kappa shape index (κ2) is 6.89. The third-order valence-electron chi connectivity index (χ3n) is 5.59. The summed E-state index contributed by atoms with van der Waals surface area (Å²) in [7, 11) is 1.64. The molecule has 0 unspecified atom stereocenters. The van der Waals surface area contributed by atoms with Gasteiger partial charge in [-0.25, -0.2) is 28.1 Å². The number of halogens is 3. The van der Waals surface area contributed by atoms with Crippen LogP contribution in [0.15, 0.2) is 24.8 Å². The molecule has 31 heavy (non-hydrogen) atoms. The van der Waals surface area contributed by atoms with Gasteiger partial charge in [-0.15, -0.1) is 0 Å². The average molecular weight is 427 g/mol. The van der Waals surface area contributed by atoms with Gasteiger partial charge in [0.25, 0.3) is 5.91 Å². The summed E-state index contributed by atoms with van der Waals surface area (Å²) in [5.41, 5.74) is 3.10. The number of rotatable bonds is 2. The molecule has 5 rings (SSSR count). The van der Waals surface area contributed by atoms with Gasteiger partial charge in [-0.1, -0.05) is 0 Å². The minimum atomic E-state index is -1.51. The van der Waals surface area contributed by atoms with Gasteiger partial charge in [-0.05, 0) is 25.5 Å². The highest BCUT2D eigenvalue weighted by Crippen LogP contribution is 2.36. The van der Waals surface area contributed by atoms with Crippen LogP contribution in [0.3, 0.4) is 0 Å². The Hall–Kier alpha value is -3.76. The first kappa shape index (κ1) is 19.2. The van der Waals surface area contributed by atoms with Crippen LogP contribution in [-0.2, 0) is 13.5 Å². The Morgan fingerprint density at radius 1 is 1.16 bits per heavy atom. The van der Waals surface area contributed by atoms with E-state index in [0.29, 0.717) is 35.5 Å². The van der Waals surface area contributed by atoms with E-state index in [1.54, 1.807) is 11.9 Å². The van der Waals surface area contributed by atoms with Gasteiger partial charge in [0, 0.05) is 24.7 Å². The highest BCUT2D eigenvalue weighted by Gasteiger charge is 2.35. The number of benzene rings is 1. The standard InChI is InChI=1S/C20H16F3N7O/c1-9-15-11(18(29(2)28-15)10-5-12(21)14(23)13(22)6-10)3-4-30(9)20(31)17-16-19(26-7-24-16)27-8-25-17/h5-9H,3-4H2,1-2H3,(H,24,25,26,27)/t9-/m0/s1. The molecule has 0 spiro atoms. The Kier molecular flexibility index (Phi) is 4.27. The molecule has 1 aliphatic rings. The molecule has 1 aliphatic heterocycles. The smallest absolute Gasteiger partial charge is 0.275 e. The van der Waals surface area contributed by atoms with Gasteiger partial charge in [-0.2, -0.15) is 5.10 Å². The molecule has 1 amide bonds. The largest absolute Gasteiger partial charge is 0.341 e. The predicted molar refractivity (Wildman–Crippen MR) is 103 cm³/mol. The van der Waals surface area contributed by atoms with Crippen molar-refractivity contribution in [3.63, 3.8) is 0 Å². The zero-order valence-corrected chi connectivity index (χ0v) is 16.5. The molecule has 0 radical (unpaired) electrons. The number of aromatic nitrogens is 6. The second-order valence-corrected chi connectivity index (χ2v) is 7.34. The lowest BCUT2D eigenvalue weighted by Gasteiger charge is -2.32. The zero-order valence-electron chi connectivity index (χ0n) is 16.5. The summed E-state index contributed by atoms with van der Waals surface area (Å²) in [6.45, 7) is 2.17. The average Bonchev–Trinajstić information content (AvgIpc) is 3.35. The Bertz CT molecular complexity index is 1320. The number of imidazole rings is 1. The number of fused-ring (bicyclic) bond motifs is 2. The predicted octanol–water partition coefficient (Wildman–Crippen LogP) is 2.93. The van der Waals surface area contributed by atoms with E-state index in [1.807, 2.05) is 6.92 Å². The number of carbonyl (C=O) groups excluding carboxylic acids is 1. The number of amides is 1. The first-order chi connectivity index (χ1) is 14.9. The lowest BCUT2D eigenvalue weighted by atomic mass is 9.95. The summed E-state index contributed by atoms with van der Waals surface area (Å²) in [4.78, 5) is 30.0. The first-order valence-corrected chi connectivity index (χ1v) is 9.52. The first-order valence-electron chi connectivity index (χ1n) is 9.52. The summed E-state index contributed by atoms with van der Waals surface area (Å²) in [6, 6.07) is 1.49. The summed E-state index contributed by atoms with van der Waals surface area (Å²) < 4.78 is 42.5. The van der Waals surface area contributed by atoms with Crippen molar-refractivity contribution >= 4 is 17.1 Å². The van der Waals surface area contributed by atoms with Gasteiger partial charge in [0.05, 0.1) is 23.8 Å². The van der Waals surface area contributed by atoms with Crippen LogP contribution in [-0.4, -0.2) is 47.1 Å². The second-order valence-electron chi connectivity index (χ2n) is 7.34. The van der Waals surface area contributed by atoms with Crippen LogP contribution in [0.2, 0.25) is 0 Å². The highest BCUT2D eigenvalue weighted by molar-refractivity contribution is 6.02. The van der Waals surface area contributed by atoms with Crippen molar-refractivity contribution in [1.29, 1.82) is 0 Å². The molecule has 8 nitrogen and oxygen atoms in total. The Morgan fingerprint density at radius 2 is 1.90 bits per heavy atom. The third kappa shape index (κ3) is 2.87. The number of H-pyrrole nitrogens is 1. The van der Waals surface area contributed by atoms with E-state index in [4.69, 9.17) is 0 Å². The number of carbonyl (C=O) groups is 1. The van der Waals surface area contributed by atoms with E-state index >= 15 is 0 Å². The minimum Gasteiger partial charge on any atom is -0.341 e. The molecule has 0 saturated heterocycles. The van der Waals surface area contributed by atoms with Crippen LogP contribution in [0.4, 0.5) is 13.2 Å². The van der Waals surface area contributed by atoms with Crippen LogP contribution in [0.1, 0.15) is 34.7 Å². The van der Waals surface area contributed by atoms with Gasteiger partial charge < -0.3 is 9.88 Å². The highest BCUT2D eigenvalue weighted by atomic mass is 19.2. The van der Waals surface area contributed by atoms with E-state index in [1.165, 1.54) is 17.3 Å². The number of hydrogen-bond donors (Lipinski definition) is 1. The van der Waals surface area contributed by atoms with Crippen molar-refractivity contribution in [1.82, 2.24) is 34.6 Å².